The zero-order valence-corrected chi connectivity index (χ0v) is 14.8. The number of carbonyl (C=O) groups excluding carboxylic acids is 2. The van der Waals surface area contributed by atoms with E-state index < -0.39 is 23.3 Å². The van der Waals surface area contributed by atoms with Crippen molar-refractivity contribution in [3.63, 3.8) is 0 Å². The summed E-state index contributed by atoms with van der Waals surface area (Å²) in [5.41, 5.74) is 0.603. The minimum absolute atomic E-state index is 0.0105. The lowest BCUT2D eigenvalue weighted by molar-refractivity contribution is -0.144. The second kappa shape index (κ2) is 5.71. The Bertz CT molecular complexity index is 976. The molecule has 0 saturated carbocycles. The van der Waals surface area contributed by atoms with Crippen LogP contribution in [0.1, 0.15) is 31.9 Å². The second-order valence-corrected chi connectivity index (χ2v) is 7.23. The highest BCUT2D eigenvalue weighted by Crippen LogP contribution is 2.43. The lowest BCUT2D eigenvalue weighted by Gasteiger charge is -2.26. The lowest BCUT2D eigenvalue weighted by Crippen LogP contribution is -2.38. The van der Waals surface area contributed by atoms with E-state index in [1.165, 1.54) is 12.1 Å². The highest BCUT2D eigenvalue weighted by Gasteiger charge is 2.48. The Kier molecular flexibility index (Phi) is 3.70. The van der Waals surface area contributed by atoms with Crippen LogP contribution < -0.4 is 5.32 Å². The number of hydrogen-bond acceptors (Lipinski definition) is 4. The topological polar surface area (TPSA) is 68.5 Å². The van der Waals surface area contributed by atoms with Crippen LogP contribution in [0.3, 0.4) is 0 Å². The van der Waals surface area contributed by atoms with Gasteiger partial charge in [-0.05, 0) is 44.2 Å². The fraction of sp³-hybridized carbons (Fsp3) is 0.263. The van der Waals surface area contributed by atoms with Crippen molar-refractivity contribution in [2.45, 2.75) is 31.8 Å². The number of nitrogens with one attached hydrogen (secondary N) is 1. The third-order valence-corrected chi connectivity index (χ3v) is 4.91. The van der Waals surface area contributed by atoms with Gasteiger partial charge in [-0.25, -0.2) is 9.18 Å². The molecule has 1 aromatic heterocycles. The van der Waals surface area contributed by atoms with E-state index in [2.05, 4.69) is 5.32 Å². The summed E-state index contributed by atoms with van der Waals surface area (Å²) in [6.45, 7) is 3.45. The maximum absolute atomic E-state index is 13.4. The number of cyclic esters (lactones) is 1. The van der Waals surface area contributed by atoms with E-state index in [1.54, 1.807) is 32.0 Å². The molecular weight excluding hydrogens is 361 g/mol. The number of furan rings is 1. The molecule has 1 N–H and O–H groups in total. The molecule has 1 aromatic carbocycles. The number of amides is 1. The number of hydrogen-bond donors (Lipinski definition) is 1. The van der Waals surface area contributed by atoms with Crippen molar-refractivity contribution < 1.29 is 23.1 Å². The van der Waals surface area contributed by atoms with Crippen molar-refractivity contribution in [3.8, 4) is 11.3 Å². The number of halogens is 2. The van der Waals surface area contributed by atoms with Gasteiger partial charge in [-0.1, -0.05) is 11.6 Å². The van der Waals surface area contributed by atoms with Crippen molar-refractivity contribution >= 4 is 23.5 Å². The zero-order valence-electron chi connectivity index (χ0n) is 14.1. The van der Waals surface area contributed by atoms with Crippen LogP contribution in [0.25, 0.3) is 11.3 Å². The van der Waals surface area contributed by atoms with Crippen molar-refractivity contribution in [2.75, 3.05) is 0 Å². The Morgan fingerprint density at radius 1 is 1.23 bits per heavy atom. The minimum Gasteiger partial charge on any atom is -0.460 e. The van der Waals surface area contributed by atoms with Crippen molar-refractivity contribution in [1.82, 2.24) is 5.32 Å². The second-order valence-electron chi connectivity index (χ2n) is 6.82. The molecular formula is C19H15ClFNO4. The van der Waals surface area contributed by atoms with E-state index in [4.69, 9.17) is 20.8 Å². The highest BCUT2D eigenvalue weighted by molar-refractivity contribution is 6.31. The van der Waals surface area contributed by atoms with Gasteiger partial charge in [-0.2, -0.15) is 0 Å². The van der Waals surface area contributed by atoms with E-state index in [1.807, 2.05) is 0 Å². The molecule has 2 aromatic rings. The first-order valence-electron chi connectivity index (χ1n) is 8.09. The van der Waals surface area contributed by atoms with E-state index in [0.29, 0.717) is 28.4 Å². The zero-order chi connectivity index (χ0) is 18.6. The molecule has 3 heterocycles. The van der Waals surface area contributed by atoms with Gasteiger partial charge in [0.2, 0.25) is 5.91 Å². The van der Waals surface area contributed by atoms with Crippen molar-refractivity contribution in [1.29, 1.82) is 0 Å². The van der Waals surface area contributed by atoms with Crippen molar-refractivity contribution in [3.05, 3.63) is 58.2 Å². The van der Waals surface area contributed by atoms with Crippen LogP contribution >= 0.6 is 11.6 Å². The van der Waals surface area contributed by atoms with E-state index >= 15 is 0 Å². The van der Waals surface area contributed by atoms with Gasteiger partial charge >= 0.3 is 5.97 Å². The number of benzene rings is 1. The van der Waals surface area contributed by atoms with Crippen LogP contribution in [0.5, 0.6) is 0 Å². The van der Waals surface area contributed by atoms with Crippen LogP contribution in [0.15, 0.2) is 46.0 Å². The van der Waals surface area contributed by atoms with E-state index in [-0.39, 0.29) is 17.4 Å². The van der Waals surface area contributed by atoms with Gasteiger partial charge in [-0.15, -0.1) is 0 Å². The Morgan fingerprint density at radius 2 is 2.00 bits per heavy atom. The predicted molar refractivity (Wildman–Crippen MR) is 91.8 cm³/mol. The maximum atomic E-state index is 13.4. The SMILES string of the molecule is CC1(C)OC(=O)C2=C1NC(=O)C[C@@H]2c1ccc(-c2ccc(F)c(Cl)c2)o1. The van der Waals surface area contributed by atoms with Gasteiger partial charge in [0.25, 0.3) is 0 Å². The van der Waals surface area contributed by atoms with Crippen molar-refractivity contribution in [2.24, 2.45) is 0 Å². The fourth-order valence-corrected chi connectivity index (χ4v) is 3.54. The molecule has 7 heteroatoms. The molecule has 1 atom stereocenters. The average molecular weight is 376 g/mol. The molecule has 1 amide bonds. The number of carbonyl (C=O) groups is 2. The molecule has 5 nitrogen and oxygen atoms in total. The first-order chi connectivity index (χ1) is 12.3. The third kappa shape index (κ3) is 2.61. The van der Waals surface area contributed by atoms with E-state index in [0.717, 1.165) is 0 Å². The summed E-state index contributed by atoms with van der Waals surface area (Å²) < 4.78 is 24.6. The molecule has 134 valence electrons. The van der Waals surface area contributed by atoms with Gasteiger partial charge in [0.1, 0.15) is 22.9 Å². The summed E-state index contributed by atoms with van der Waals surface area (Å²) in [4.78, 5) is 24.5. The smallest absolute Gasteiger partial charge is 0.337 e. The summed E-state index contributed by atoms with van der Waals surface area (Å²) in [6.07, 6.45) is 0.0845. The fourth-order valence-electron chi connectivity index (χ4n) is 3.36. The molecule has 0 spiro atoms. The number of rotatable bonds is 2. The van der Waals surface area contributed by atoms with Crippen LogP contribution in [-0.4, -0.2) is 17.5 Å². The minimum atomic E-state index is -0.888. The highest BCUT2D eigenvalue weighted by atomic mass is 35.5. The monoisotopic (exact) mass is 375 g/mol. The average Bonchev–Trinajstić information content (AvgIpc) is 3.13. The van der Waals surface area contributed by atoms with Crippen LogP contribution in [0.2, 0.25) is 5.02 Å². The first-order valence-corrected chi connectivity index (χ1v) is 8.47. The van der Waals surface area contributed by atoms with Crippen LogP contribution in [0.4, 0.5) is 4.39 Å². The van der Waals surface area contributed by atoms with Gasteiger partial charge in [0.05, 0.1) is 22.2 Å². The van der Waals surface area contributed by atoms with Crippen LogP contribution in [-0.2, 0) is 14.3 Å². The van der Waals surface area contributed by atoms with Crippen LogP contribution in [0, 0.1) is 5.82 Å². The standard InChI is InChI=1S/C19H15ClFNO4/c1-19(2)17-16(18(24)26-19)10(8-15(23)22-17)14-6-5-13(25-14)9-3-4-12(21)11(20)7-9/h3-7,10H,8H2,1-2H3,(H,22,23)/t10-/m1/s1. The summed E-state index contributed by atoms with van der Waals surface area (Å²) in [5.74, 6) is -0.770. The Morgan fingerprint density at radius 3 is 2.73 bits per heavy atom. The Hall–Kier alpha value is -2.60. The summed E-state index contributed by atoms with van der Waals surface area (Å²) >= 11 is 5.82. The molecule has 4 rings (SSSR count). The molecule has 0 unspecified atom stereocenters. The summed E-state index contributed by atoms with van der Waals surface area (Å²) in [6, 6.07) is 7.68. The quantitative estimate of drug-likeness (QED) is 0.807. The largest absolute Gasteiger partial charge is 0.460 e. The molecule has 0 radical (unpaired) electrons. The third-order valence-electron chi connectivity index (χ3n) is 4.62. The molecule has 26 heavy (non-hydrogen) atoms. The molecule has 0 fully saturated rings. The Balaban J connectivity index is 1.75. The number of esters is 1. The van der Waals surface area contributed by atoms with Gasteiger partial charge in [0.15, 0.2) is 0 Å². The molecule has 2 aliphatic rings. The summed E-state index contributed by atoms with van der Waals surface area (Å²) in [5, 5.41) is 2.73. The molecule has 2 aliphatic heterocycles. The maximum Gasteiger partial charge on any atom is 0.337 e. The molecule has 0 aliphatic carbocycles. The normalized spacial score (nSPS) is 21.5. The number of ether oxygens (including phenoxy) is 1. The van der Waals surface area contributed by atoms with Gasteiger partial charge in [-0.3, -0.25) is 4.79 Å². The Labute approximate surface area is 153 Å². The molecule has 0 saturated heterocycles. The lowest BCUT2D eigenvalue weighted by atomic mass is 9.86. The summed E-state index contributed by atoms with van der Waals surface area (Å²) in [7, 11) is 0. The molecule has 0 bridgehead atoms. The van der Waals surface area contributed by atoms with Gasteiger partial charge in [0, 0.05) is 12.0 Å². The first kappa shape index (κ1) is 16.8. The predicted octanol–water partition coefficient (Wildman–Crippen LogP) is 3.93. The van der Waals surface area contributed by atoms with Gasteiger partial charge < -0.3 is 14.5 Å². The van der Waals surface area contributed by atoms with E-state index in [9.17, 15) is 14.0 Å².